The van der Waals surface area contributed by atoms with Crippen LogP contribution in [0.2, 0.25) is 0 Å². The number of halogens is 1. The molecule has 0 radical (unpaired) electrons. The Morgan fingerprint density at radius 1 is 1.23 bits per heavy atom. The van der Waals surface area contributed by atoms with Crippen molar-refractivity contribution in [2.45, 2.75) is 39.3 Å². The van der Waals surface area contributed by atoms with E-state index < -0.39 is 11.5 Å². The predicted molar refractivity (Wildman–Crippen MR) is 118 cm³/mol. The number of amides is 2. The Balaban J connectivity index is 1.43. The number of aromatic nitrogens is 2. The second kappa shape index (κ2) is 8.35. The summed E-state index contributed by atoms with van der Waals surface area (Å²) in [5.74, 6) is -0.792. The van der Waals surface area contributed by atoms with Gasteiger partial charge in [-0.2, -0.15) is 0 Å². The average Bonchev–Trinajstić information content (AvgIpc) is 3.33. The number of thiazole rings is 2. The highest BCUT2D eigenvalue weighted by molar-refractivity contribution is 7.16. The van der Waals surface area contributed by atoms with E-state index in [9.17, 15) is 14.0 Å². The van der Waals surface area contributed by atoms with Gasteiger partial charge in [-0.05, 0) is 32.9 Å². The quantitative estimate of drug-likeness (QED) is 0.598. The third-order valence-corrected chi connectivity index (χ3v) is 6.32. The molecule has 0 unspecified atom stereocenters. The number of nitrogens with zero attached hydrogens (tertiary/aromatic N) is 3. The molecule has 1 aliphatic heterocycles. The summed E-state index contributed by atoms with van der Waals surface area (Å²) in [5.41, 5.74) is 0.870. The molecule has 7 nitrogen and oxygen atoms in total. The van der Waals surface area contributed by atoms with Crippen molar-refractivity contribution in [1.29, 1.82) is 0 Å². The second-order valence-corrected chi connectivity index (χ2v) is 9.95. The molecule has 3 aromatic rings. The maximum Gasteiger partial charge on any atom is 0.410 e. The molecule has 0 bridgehead atoms. The minimum Gasteiger partial charge on any atom is -0.444 e. The van der Waals surface area contributed by atoms with Crippen LogP contribution in [0.5, 0.6) is 0 Å². The van der Waals surface area contributed by atoms with Gasteiger partial charge in [-0.15, -0.1) is 11.3 Å². The van der Waals surface area contributed by atoms with Gasteiger partial charge in [0, 0.05) is 28.8 Å². The Labute approximate surface area is 186 Å². The Morgan fingerprint density at radius 2 is 2.00 bits per heavy atom. The average molecular weight is 461 g/mol. The minimum absolute atomic E-state index is 0.201. The standard InChI is InChI=1S/C21H21FN4O3S2/c1-21(2,3)29-20(28)26-9-8-14-16(10-26)31-19(24-14)25-17(27)15-11-30-18(23-15)12-6-4-5-7-13(12)22/h4-7,11H,8-10H2,1-3H3,(H,24,25,27). The predicted octanol–water partition coefficient (Wildman–Crippen LogP) is 4.95. The maximum absolute atomic E-state index is 14.0. The van der Waals surface area contributed by atoms with Crippen molar-refractivity contribution < 1.29 is 18.7 Å². The summed E-state index contributed by atoms with van der Waals surface area (Å²) in [6.45, 7) is 6.40. The molecular formula is C21H21FN4O3S2. The van der Waals surface area contributed by atoms with Crippen molar-refractivity contribution in [3.8, 4) is 10.6 Å². The molecule has 162 valence electrons. The summed E-state index contributed by atoms with van der Waals surface area (Å²) in [5, 5.41) is 5.24. The van der Waals surface area contributed by atoms with E-state index in [0.717, 1.165) is 10.6 Å². The molecule has 0 aliphatic carbocycles. The van der Waals surface area contributed by atoms with Crippen molar-refractivity contribution in [2.24, 2.45) is 0 Å². The lowest BCUT2D eigenvalue weighted by Crippen LogP contribution is -2.39. The summed E-state index contributed by atoms with van der Waals surface area (Å²) < 4.78 is 19.4. The number of carbonyl (C=O) groups excluding carboxylic acids is 2. The van der Waals surface area contributed by atoms with Crippen molar-refractivity contribution in [2.75, 3.05) is 11.9 Å². The first-order valence-corrected chi connectivity index (χ1v) is 11.4. The number of ether oxygens (including phenoxy) is 1. The van der Waals surface area contributed by atoms with Gasteiger partial charge in [0.05, 0.1) is 12.2 Å². The van der Waals surface area contributed by atoms with E-state index in [0.29, 0.717) is 35.2 Å². The Bertz CT molecular complexity index is 1140. The van der Waals surface area contributed by atoms with Crippen LogP contribution >= 0.6 is 22.7 Å². The molecule has 0 saturated carbocycles. The lowest BCUT2D eigenvalue weighted by molar-refractivity contribution is 0.0225. The van der Waals surface area contributed by atoms with Crippen molar-refractivity contribution in [1.82, 2.24) is 14.9 Å². The van der Waals surface area contributed by atoms with Crippen molar-refractivity contribution >= 4 is 39.8 Å². The molecule has 0 spiro atoms. The number of hydrogen-bond acceptors (Lipinski definition) is 7. The highest BCUT2D eigenvalue weighted by atomic mass is 32.1. The lowest BCUT2D eigenvalue weighted by atomic mass is 10.2. The number of fused-ring (bicyclic) bond motifs is 1. The van der Waals surface area contributed by atoms with Gasteiger partial charge < -0.3 is 9.64 Å². The second-order valence-electron chi connectivity index (χ2n) is 8.01. The van der Waals surface area contributed by atoms with E-state index >= 15 is 0 Å². The van der Waals surface area contributed by atoms with E-state index in [1.54, 1.807) is 28.5 Å². The molecule has 0 saturated heterocycles. The molecular weight excluding hydrogens is 439 g/mol. The monoisotopic (exact) mass is 460 g/mol. The van der Waals surface area contributed by atoms with Crippen LogP contribution in [0.15, 0.2) is 29.6 Å². The van der Waals surface area contributed by atoms with Crippen LogP contribution in [0.25, 0.3) is 10.6 Å². The molecule has 1 N–H and O–H groups in total. The maximum atomic E-state index is 14.0. The molecule has 0 atom stereocenters. The normalized spacial score (nSPS) is 13.6. The first-order chi connectivity index (χ1) is 14.7. The number of benzene rings is 1. The Kier molecular flexibility index (Phi) is 5.76. The molecule has 31 heavy (non-hydrogen) atoms. The zero-order chi connectivity index (χ0) is 22.2. The van der Waals surface area contributed by atoms with E-state index in [-0.39, 0.29) is 17.6 Å². The summed E-state index contributed by atoms with van der Waals surface area (Å²) in [4.78, 5) is 36.2. The van der Waals surface area contributed by atoms with Gasteiger partial charge in [0.1, 0.15) is 22.1 Å². The smallest absolute Gasteiger partial charge is 0.410 e. The highest BCUT2D eigenvalue weighted by Crippen LogP contribution is 2.30. The molecule has 0 fully saturated rings. The van der Waals surface area contributed by atoms with Gasteiger partial charge in [0.2, 0.25) is 0 Å². The first kappa shape index (κ1) is 21.4. The molecule has 1 aromatic carbocycles. The van der Waals surface area contributed by atoms with E-state index in [2.05, 4.69) is 15.3 Å². The summed E-state index contributed by atoms with van der Waals surface area (Å²) >= 11 is 2.53. The van der Waals surface area contributed by atoms with Gasteiger partial charge >= 0.3 is 6.09 Å². The van der Waals surface area contributed by atoms with Crippen LogP contribution < -0.4 is 5.32 Å². The lowest BCUT2D eigenvalue weighted by Gasteiger charge is -2.29. The zero-order valence-electron chi connectivity index (χ0n) is 17.3. The van der Waals surface area contributed by atoms with Crippen LogP contribution in [0.4, 0.5) is 14.3 Å². The van der Waals surface area contributed by atoms with Gasteiger partial charge in [-0.1, -0.05) is 23.5 Å². The number of carbonyl (C=O) groups is 2. The molecule has 2 amide bonds. The van der Waals surface area contributed by atoms with Gasteiger partial charge in [0.15, 0.2) is 5.13 Å². The van der Waals surface area contributed by atoms with Crippen LogP contribution in [0.3, 0.4) is 0 Å². The molecule has 2 aromatic heterocycles. The topological polar surface area (TPSA) is 84.4 Å². The van der Waals surface area contributed by atoms with Crippen LogP contribution in [-0.4, -0.2) is 39.0 Å². The van der Waals surface area contributed by atoms with Gasteiger partial charge in [-0.3, -0.25) is 10.1 Å². The molecule has 10 heteroatoms. The summed E-state index contributed by atoms with van der Waals surface area (Å²) in [7, 11) is 0. The van der Waals surface area contributed by atoms with Crippen molar-refractivity contribution in [3.05, 3.63) is 51.7 Å². The van der Waals surface area contributed by atoms with E-state index in [1.807, 2.05) is 20.8 Å². The van der Waals surface area contributed by atoms with Crippen LogP contribution in [-0.2, 0) is 17.7 Å². The molecule has 3 heterocycles. The fourth-order valence-electron chi connectivity index (χ4n) is 3.03. The first-order valence-electron chi connectivity index (χ1n) is 9.68. The number of nitrogens with one attached hydrogen (secondary N) is 1. The number of hydrogen-bond donors (Lipinski definition) is 1. The largest absolute Gasteiger partial charge is 0.444 e. The van der Waals surface area contributed by atoms with Gasteiger partial charge in [-0.25, -0.2) is 19.2 Å². The Morgan fingerprint density at radius 3 is 2.74 bits per heavy atom. The SMILES string of the molecule is CC(C)(C)OC(=O)N1CCc2nc(NC(=O)c3csc(-c4ccccc4F)n3)sc2C1. The van der Waals surface area contributed by atoms with Crippen LogP contribution in [0, 0.1) is 5.82 Å². The van der Waals surface area contributed by atoms with E-state index in [1.165, 1.54) is 28.7 Å². The third kappa shape index (κ3) is 4.91. The molecule has 1 aliphatic rings. The molecule has 4 rings (SSSR count). The van der Waals surface area contributed by atoms with Gasteiger partial charge in [0.25, 0.3) is 5.91 Å². The third-order valence-electron chi connectivity index (χ3n) is 4.44. The van der Waals surface area contributed by atoms with Crippen LogP contribution in [0.1, 0.15) is 41.8 Å². The fraction of sp³-hybridized carbons (Fsp3) is 0.333. The Hall–Kier alpha value is -2.85. The highest BCUT2D eigenvalue weighted by Gasteiger charge is 2.28. The minimum atomic E-state index is -0.556. The summed E-state index contributed by atoms with van der Waals surface area (Å²) in [6, 6.07) is 6.31. The number of anilines is 1. The van der Waals surface area contributed by atoms with E-state index in [4.69, 9.17) is 4.74 Å². The summed E-state index contributed by atoms with van der Waals surface area (Å²) in [6.07, 6.45) is 0.231. The van der Waals surface area contributed by atoms with Crippen molar-refractivity contribution in [3.63, 3.8) is 0 Å². The fourth-order valence-corrected chi connectivity index (χ4v) is 4.87. The zero-order valence-corrected chi connectivity index (χ0v) is 18.9. The number of rotatable bonds is 3.